The van der Waals surface area contributed by atoms with E-state index in [4.69, 9.17) is 16.7 Å². The van der Waals surface area contributed by atoms with Crippen LogP contribution in [0.4, 0.5) is 0 Å². The van der Waals surface area contributed by atoms with Crippen molar-refractivity contribution in [3.63, 3.8) is 0 Å². The van der Waals surface area contributed by atoms with Crippen LogP contribution in [0.25, 0.3) is 0 Å². The first-order chi connectivity index (χ1) is 10.3. The molecule has 0 unspecified atom stereocenters. The minimum atomic E-state index is -1.00. The number of carboxylic acids is 1. The van der Waals surface area contributed by atoms with Gasteiger partial charge in [-0.25, -0.2) is 5.43 Å². The monoisotopic (exact) mass is 326 g/mol. The molecule has 0 bridgehead atoms. The molecule has 0 saturated carbocycles. The molecule has 0 saturated heterocycles. The number of amides is 1. The summed E-state index contributed by atoms with van der Waals surface area (Å²) in [7, 11) is 1.75. The fourth-order valence-electron chi connectivity index (χ4n) is 2.46. The lowest BCUT2D eigenvalue weighted by atomic mass is 9.99. The lowest BCUT2D eigenvalue weighted by molar-refractivity contribution is -0.139. The van der Waals surface area contributed by atoms with Crippen LogP contribution in [0, 0.1) is 6.92 Å². The maximum Gasteiger partial charge on any atom is 0.308 e. The van der Waals surface area contributed by atoms with E-state index in [1.54, 1.807) is 18.7 Å². The van der Waals surface area contributed by atoms with Gasteiger partial charge in [0.2, 0.25) is 0 Å². The van der Waals surface area contributed by atoms with Crippen molar-refractivity contribution in [3.05, 3.63) is 27.6 Å². The Morgan fingerprint density at radius 3 is 2.68 bits per heavy atom. The molecule has 0 fully saturated rings. The summed E-state index contributed by atoms with van der Waals surface area (Å²) < 4.78 is 1.58. The molecule has 2 rings (SSSR count). The fourth-order valence-corrected chi connectivity index (χ4v) is 2.70. The van der Waals surface area contributed by atoms with E-state index < -0.39 is 5.97 Å². The number of aliphatic carboxylic acids is 1. The molecule has 1 aromatic heterocycles. The highest BCUT2D eigenvalue weighted by atomic mass is 35.5. The molecular formula is C14H19ClN4O3. The topological polar surface area (TPSA) is 87.5 Å². The third-order valence-corrected chi connectivity index (χ3v) is 4.25. The van der Waals surface area contributed by atoms with Gasteiger partial charge in [-0.05, 0) is 20.3 Å². The molecule has 1 aliphatic heterocycles. The Morgan fingerprint density at radius 2 is 2.14 bits per heavy atom. The van der Waals surface area contributed by atoms with Crippen LogP contribution in [-0.4, -0.2) is 38.3 Å². The predicted octanol–water partition coefficient (Wildman–Crippen LogP) is 1.41. The SMILES string of the molecule is CC1=C(CC(=O)O)C(=O)N(NCc2c(C)nn(C)c2Cl)CC1. The predicted molar refractivity (Wildman–Crippen MR) is 81.1 cm³/mol. The first-order valence-electron chi connectivity index (χ1n) is 6.95. The van der Waals surface area contributed by atoms with Crippen LogP contribution >= 0.6 is 11.6 Å². The van der Waals surface area contributed by atoms with Crippen LogP contribution in [0.3, 0.4) is 0 Å². The molecule has 2 N–H and O–H groups in total. The Kier molecular flexibility index (Phi) is 4.87. The Balaban J connectivity index is 2.08. The van der Waals surface area contributed by atoms with E-state index in [0.717, 1.165) is 16.8 Å². The second-order valence-corrected chi connectivity index (χ2v) is 5.71. The number of hydrazine groups is 1. The minimum absolute atomic E-state index is 0.254. The van der Waals surface area contributed by atoms with Gasteiger partial charge >= 0.3 is 5.97 Å². The zero-order chi connectivity index (χ0) is 16.4. The molecule has 120 valence electrons. The lowest BCUT2D eigenvalue weighted by Gasteiger charge is -2.29. The van der Waals surface area contributed by atoms with Gasteiger partial charge in [-0.2, -0.15) is 5.10 Å². The summed E-state index contributed by atoms with van der Waals surface area (Å²) in [6.45, 7) is 4.52. The zero-order valence-corrected chi connectivity index (χ0v) is 13.6. The van der Waals surface area contributed by atoms with E-state index >= 15 is 0 Å². The normalized spacial score (nSPS) is 15.6. The van der Waals surface area contributed by atoms with Gasteiger partial charge in [0.15, 0.2) is 0 Å². The number of nitrogens with zero attached hydrogens (tertiary/aromatic N) is 3. The summed E-state index contributed by atoms with van der Waals surface area (Å²) in [6, 6.07) is 0. The number of nitrogens with one attached hydrogen (secondary N) is 1. The van der Waals surface area contributed by atoms with Crippen molar-refractivity contribution in [2.45, 2.75) is 33.2 Å². The summed E-state index contributed by atoms with van der Waals surface area (Å²) >= 11 is 6.16. The van der Waals surface area contributed by atoms with E-state index in [2.05, 4.69) is 10.5 Å². The van der Waals surface area contributed by atoms with Crippen molar-refractivity contribution in [1.29, 1.82) is 0 Å². The molecule has 0 radical (unpaired) electrons. The second kappa shape index (κ2) is 6.50. The molecule has 0 aliphatic carbocycles. The van der Waals surface area contributed by atoms with Gasteiger partial charge in [0.1, 0.15) is 5.15 Å². The molecule has 0 spiro atoms. The number of carbonyl (C=O) groups is 2. The van der Waals surface area contributed by atoms with Crippen molar-refractivity contribution < 1.29 is 14.7 Å². The average Bonchev–Trinajstić information content (AvgIpc) is 2.68. The number of hydrogen-bond acceptors (Lipinski definition) is 4. The van der Waals surface area contributed by atoms with E-state index in [1.807, 2.05) is 6.92 Å². The summed E-state index contributed by atoms with van der Waals surface area (Å²) in [5.41, 5.74) is 5.82. The number of aromatic nitrogens is 2. The quantitative estimate of drug-likeness (QED) is 0.854. The van der Waals surface area contributed by atoms with Gasteiger partial charge in [-0.15, -0.1) is 0 Å². The number of aryl methyl sites for hydroxylation is 2. The Bertz CT molecular complexity index is 651. The molecule has 1 amide bonds. The van der Waals surface area contributed by atoms with E-state index in [1.165, 1.54) is 5.01 Å². The third-order valence-electron chi connectivity index (χ3n) is 3.77. The number of halogens is 1. The Morgan fingerprint density at radius 1 is 1.45 bits per heavy atom. The number of carbonyl (C=O) groups excluding carboxylic acids is 1. The van der Waals surface area contributed by atoms with Crippen LogP contribution < -0.4 is 5.43 Å². The van der Waals surface area contributed by atoms with Crippen molar-refractivity contribution >= 4 is 23.5 Å². The average molecular weight is 327 g/mol. The highest BCUT2D eigenvalue weighted by Gasteiger charge is 2.27. The van der Waals surface area contributed by atoms with E-state index in [-0.39, 0.29) is 12.3 Å². The van der Waals surface area contributed by atoms with Crippen LogP contribution in [0.15, 0.2) is 11.1 Å². The molecule has 2 heterocycles. The molecule has 7 nitrogen and oxygen atoms in total. The van der Waals surface area contributed by atoms with Gasteiger partial charge in [-0.3, -0.25) is 19.3 Å². The maximum absolute atomic E-state index is 12.4. The fraction of sp³-hybridized carbons (Fsp3) is 0.500. The summed E-state index contributed by atoms with van der Waals surface area (Å²) in [5.74, 6) is -1.29. The molecule has 22 heavy (non-hydrogen) atoms. The summed E-state index contributed by atoms with van der Waals surface area (Å²) in [5, 5.41) is 15.1. The molecular weight excluding hydrogens is 308 g/mol. The van der Waals surface area contributed by atoms with Gasteiger partial charge in [0.25, 0.3) is 5.91 Å². The lowest BCUT2D eigenvalue weighted by Crippen LogP contribution is -2.46. The van der Waals surface area contributed by atoms with Crippen LogP contribution in [0.2, 0.25) is 5.15 Å². The highest BCUT2D eigenvalue weighted by Crippen LogP contribution is 2.22. The third kappa shape index (κ3) is 3.31. The van der Waals surface area contributed by atoms with Gasteiger partial charge in [0, 0.05) is 31.3 Å². The van der Waals surface area contributed by atoms with Crippen molar-refractivity contribution in [2.24, 2.45) is 7.05 Å². The van der Waals surface area contributed by atoms with E-state index in [0.29, 0.717) is 30.2 Å². The van der Waals surface area contributed by atoms with Crippen LogP contribution in [0.5, 0.6) is 0 Å². The van der Waals surface area contributed by atoms with Crippen LogP contribution in [0.1, 0.15) is 31.0 Å². The van der Waals surface area contributed by atoms with Crippen molar-refractivity contribution in [3.8, 4) is 0 Å². The number of carboxylic acid groups (broad SMARTS) is 1. The molecule has 1 aromatic rings. The largest absolute Gasteiger partial charge is 0.481 e. The standard InChI is InChI=1S/C14H19ClN4O3/c1-8-4-5-19(14(22)10(8)6-12(20)21)16-7-11-9(2)17-18(3)13(11)15/h16H,4-7H2,1-3H3,(H,20,21). The number of hydrogen-bond donors (Lipinski definition) is 2. The smallest absolute Gasteiger partial charge is 0.308 e. The molecule has 0 aromatic carbocycles. The summed E-state index contributed by atoms with van der Waals surface area (Å²) in [6.07, 6.45) is 0.399. The Hall–Kier alpha value is -1.86. The second-order valence-electron chi connectivity index (χ2n) is 5.35. The van der Waals surface area contributed by atoms with Crippen LogP contribution in [-0.2, 0) is 23.2 Å². The van der Waals surface area contributed by atoms with E-state index in [9.17, 15) is 9.59 Å². The number of rotatable bonds is 5. The molecule has 8 heteroatoms. The first kappa shape index (κ1) is 16.5. The van der Waals surface area contributed by atoms with Gasteiger partial charge in [0.05, 0.1) is 12.1 Å². The molecule has 1 aliphatic rings. The van der Waals surface area contributed by atoms with Crippen molar-refractivity contribution in [2.75, 3.05) is 6.54 Å². The maximum atomic E-state index is 12.4. The van der Waals surface area contributed by atoms with Gasteiger partial charge < -0.3 is 5.11 Å². The summed E-state index contributed by atoms with van der Waals surface area (Å²) in [4.78, 5) is 23.2. The highest BCUT2D eigenvalue weighted by molar-refractivity contribution is 6.30. The Labute approximate surface area is 133 Å². The molecule has 0 atom stereocenters. The van der Waals surface area contributed by atoms with Crippen molar-refractivity contribution in [1.82, 2.24) is 20.2 Å². The minimum Gasteiger partial charge on any atom is -0.481 e. The van der Waals surface area contributed by atoms with Gasteiger partial charge in [-0.1, -0.05) is 17.2 Å². The first-order valence-corrected chi connectivity index (χ1v) is 7.32. The zero-order valence-electron chi connectivity index (χ0n) is 12.8.